The number of nitrogens with one attached hydrogen (secondary N) is 2. The van der Waals surface area contributed by atoms with Crippen LogP contribution in [0.4, 0.5) is 10.6 Å². The molecule has 1 saturated heterocycles. The maximum atomic E-state index is 13.4. The second kappa shape index (κ2) is 9.06. The maximum Gasteiger partial charge on any atom is 0.318 e. The number of amides is 3. The Labute approximate surface area is 220 Å². The molecule has 4 aliphatic rings. The topological polar surface area (TPSA) is 99.2 Å². The van der Waals surface area contributed by atoms with Gasteiger partial charge in [-0.05, 0) is 42.8 Å². The van der Waals surface area contributed by atoms with Gasteiger partial charge in [0.05, 0.1) is 6.54 Å². The van der Waals surface area contributed by atoms with Gasteiger partial charge in [-0.25, -0.2) is 9.78 Å². The molecule has 0 aliphatic carbocycles. The highest BCUT2D eigenvalue weighted by Crippen LogP contribution is 2.44. The third-order valence-corrected chi connectivity index (χ3v) is 8.23. The minimum atomic E-state index is -0.670. The first-order valence-corrected chi connectivity index (χ1v) is 13.0. The molecule has 1 aromatic carbocycles. The van der Waals surface area contributed by atoms with Gasteiger partial charge in [0.25, 0.3) is 0 Å². The van der Waals surface area contributed by atoms with E-state index in [0.717, 1.165) is 33.6 Å². The van der Waals surface area contributed by atoms with Gasteiger partial charge in [0.1, 0.15) is 17.5 Å². The fraction of sp³-hybridized carbons (Fsp3) is 0.407. The van der Waals surface area contributed by atoms with Crippen molar-refractivity contribution in [3.63, 3.8) is 0 Å². The molecule has 37 heavy (non-hydrogen) atoms. The average molecular weight is 521 g/mol. The predicted molar refractivity (Wildman–Crippen MR) is 140 cm³/mol. The summed E-state index contributed by atoms with van der Waals surface area (Å²) < 4.78 is 6.18. The molecule has 1 aromatic heterocycles. The Hall–Kier alpha value is -3.59. The van der Waals surface area contributed by atoms with Crippen molar-refractivity contribution in [2.45, 2.75) is 50.9 Å². The van der Waals surface area contributed by atoms with E-state index < -0.39 is 11.6 Å². The lowest BCUT2D eigenvalue weighted by Crippen LogP contribution is -2.55. The highest BCUT2D eigenvalue weighted by molar-refractivity contribution is 6.32. The number of likely N-dealkylation sites (tertiary alicyclic amines) is 1. The molecule has 3 amide bonds. The summed E-state index contributed by atoms with van der Waals surface area (Å²) in [6.07, 6.45) is 5.18. The number of carbonyl (C=O) groups excluding carboxylic acids is 2. The number of hydrogen-bond acceptors (Lipinski definition) is 6. The Morgan fingerprint density at radius 2 is 2.16 bits per heavy atom. The number of anilines is 1. The molecule has 1 fully saturated rings. The van der Waals surface area contributed by atoms with Crippen LogP contribution in [0.15, 0.2) is 41.9 Å². The van der Waals surface area contributed by atoms with Gasteiger partial charge in [-0.1, -0.05) is 11.6 Å². The smallest absolute Gasteiger partial charge is 0.318 e. The van der Waals surface area contributed by atoms with Gasteiger partial charge in [0.2, 0.25) is 5.91 Å². The van der Waals surface area contributed by atoms with E-state index in [9.17, 15) is 9.59 Å². The molecule has 10 heteroatoms. The van der Waals surface area contributed by atoms with E-state index in [1.165, 1.54) is 0 Å². The summed E-state index contributed by atoms with van der Waals surface area (Å²) in [5.74, 6) is 1.12. The number of halogens is 1. The van der Waals surface area contributed by atoms with Crippen molar-refractivity contribution >= 4 is 35.6 Å². The van der Waals surface area contributed by atoms with Crippen LogP contribution in [0.3, 0.4) is 0 Å². The molecule has 2 N–H and O–H groups in total. The number of carbonyl (C=O) groups is 2. The number of nitrogens with zero attached hydrogens (tertiary/aromatic N) is 4. The number of urea groups is 1. The number of aliphatic imine (C=N–C) groups is 1. The quantitative estimate of drug-likeness (QED) is 0.631. The van der Waals surface area contributed by atoms with Gasteiger partial charge >= 0.3 is 6.03 Å². The lowest BCUT2D eigenvalue weighted by atomic mass is 9.83. The van der Waals surface area contributed by atoms with Crippen LogP contribution in [-0.2, 0) is 34.6 Å². The lowest BCUT2D eigenvalue weighted by molar-refractivity contribution is -0.133. The Kier molecular flexibility index (Phi) is 5.82. The standard InChI is InChI=1S/C27H29ClN6O3/c1-3-33-15-20-17(11-22(28)19-14-29-13-18(19)20)12-23(25(33)35)32-26(36)34-9-6-27(7-10-34)21-5-4-8-30-24(21)31-16(2)37-27/h4-5,8,11,13,23H,2-3,6-7,9-10,12,14-15H2,1H3,(H,30,31)(H,32,36)/t23-/m1/s1. The van der Waals surface area contributed by atoms with Crippen LogP contribution in [0.25, 0.3) is 0 Å². The number of rotatable bonds is 2. The first-order chi connectivity index (χ1) is 17.9. The molecule has 1 atom stereocenters. The number of aromatic nitrogens is 1. The van der Waals surface area contributed by atoms with E-state index in [4.69, 9.17) is 16.3 Å². The zero-order valence-electron chi connectivity index (χ0n) is 20.7. The molecule has 9 nitrogen and oxygen atoms in total. The fourth-order valence-corrected chi connectivity index (χ4v) is 6.20. The monoisotopic (exact) mass is 520 g/mol. The maximum absolute atomic E-state index is 13.4. The summed E-state index contributed by atoms with van der Waals surface area (Å²) in [7, 11) is 0. The van der Waals surface area contributed by atoms with Crippen LogP contribution in [-0.4, -0.2) is 58.6 Å². The van der Waals surface area contributed by atoms with E-state index in [1.807, 2.05) is 31.3 Å². The van der Waals surface area contributed by atoms with Crippen molar-refractivity contribution in [1.82, 2.24) is 20.1 Å². The molecule has 0 saturated carbocycles. The number of hydrogen-bond donors (Lipinski definition) is 2. The molecule has 0 bridgehead atoms. The van der Waals surface area contributed by atoms with Crippen molar-refractivity contribution in [2.24, 2.45) is 4.99 Å². The minimum absolute atomic E-state index is 0.0849. The lowest BCUT2D eigenvalue weighted by Gasteiger charge is -2.45. The molecule has 6 rings (SSSR count). The Balaban J connectivity index is 1.20. The number of ether oxygens (including phenoxy) is 1. The SMILES string of the molecule is C=C1Nc2ncccc2C2(CCN(C(=O)N[C@@H]3Cc4cc(Cl)c5c(c4CN(CC)C3=O)C=NC5)CC2)O1. The van der Waals surface area contributed by atoms with Gasteiger partial charge in [-0.2, -0.15) is 0 Å². The molecule has 4 aliphatic heterocycles. The summed E-state index contributed by atoms with van der Waals surface area (Å²) in [6.45, 7) is 8.46. The molecule has 0 radical (unpaired) electrons. The minimum Gasteiger partial charge on any atom is -0.468 e. The second-order valence-corrected chi connectivity index (χ2v) is 10.4. The third-order valence-electron chi connectivity index (χ3n) is 7.89. The van der Waals surface area contributed by atoms with E-state index in [1.54, 1.807) is 16.0 Å². The van der Waals surface area contributed by atoms with Crippen LogP contribution >= 0.6 is 11.6 Å². The Morgan fingerprint density at radius 3 is 2.95 bits per heavy atom. The first kappa shape index (κ1) is 23.8. The van der Waals surface area contributed by atoms with Crippen molar-refractivity contribution < 1.29 is 14.3 Å². The highest BCUT2D eigenvalue weighted by atomic mass is 35.5. The van der Waals surface area contributed by atoms with Gasteiger partial charge in [-0.15, -0.1) is 0 Å². The molecule has 192 valence electrons. The molecular weight excluding hydrogens is 492 g/mol. The Bertz CT molecular complexity index is 1330. The van der Waals surface area contributed by atoms with Gasteiger partial charge in [0.15, 0.2) is 5.88 Å². The third kappa shape index (κ3) is 4.01. The normalized spacial score (nSPS) is 21.5. The van der Waals surface area contributed by atoms with Crippen LogP contribution in [0.2, 0.25) is 5.02 Å². The van der Waals surface area contributed by atoms with Crippen LogP contribution in [0, 0.1) is 0 Å². The van der Waals surface area contributed by atoms with E-state index >= 15 is 0 Å². The fourth-order valence-electron chi connectivity index (χ4n) is 5.91. The summed E-state index contributed by atoms with van der Waals surface area (Å²) >= 11 is 6.56. The summed E-state index contributed by atoms with van der Waals surface area (Å²) in [4.78, 5) is 39.2. The summed E-state index contributed by atoms with van der Waals surface area (Å²) in [5.41, 5.74) is 4.48. The molecular formula is C27H29ClN6O3. The van der Waals surface area contributed by atoms with Crippen LogP contribution < -0.4 is 10.6 Å². The van der Waals surface area contributed by atoms with Crippen molar-refractivity contribution in [2.75, 3.05) is 25.0 Å². The molecule has 2 aromatic rings. The number of pyridine rings is 1. The second-order valence-electron chi connectivity index (χ2n) is 9.95. The first-order valence-electron chi connectivity index (χ1n) is 12.7. The number of likely N-dealkylation sites (N-methyl/N-ethyl adjacent to an activating group) is 1. The van der Waals surface area contributed by atoms with Crippen LogP contribution in [0.1, 0.15) is 47.6 Å². The van der Waals surface area contributed by atoms with Gasteiger partial charge < -0.3 is 25.2 Å². The predicted octanol–water partition coefficient (Wildman–Crippen LogP) is 3.55. The molecule has 5 heterocycles. The van der Waals surface area contributed by atoms with E-state index in [2.05, 4.69) is 27.2 Å². The Morgan fingerprint density at radius 1 is 1.35 bits per heavy atom. The zero-order chi connectivity index (χ0) is 25.7. The number of piperidine rings is 1. The van der Waals surface area contributed by atoms with E-state index in [0.29, 0.717) is 62.9 Å². The summed E-state index contributed by atoms with van der Waals surface area (Å²) in [6, 6.07) is 4.91. The summed E-state index contributed by atoms with van der Waals surface area (Å²) in [5, 5.41) is 6.77. The van der Waals surface area contributed by atoms with E-state index in [-0.39, 0.29) is 11.9 Å². The van der Waals surface area contributed by atoms with Crippen molar-refractivity contribution in [3.05, 3.63) is 69.7 Å². The van der Waals surface area contributed by atoms with Crippen LogP contribution in [0.5, 0.6) is 0 Å². The number of benzene rings is 1. The van der Waals surface area contributed by atoms with Crippen molar-refractivity contribution in [1.29, 1.82) is 0 Å². The van der Waals surface area contributed by atoms with Crippen molar-refractivity contribution in [3.8, 4) is 0 Å². The van der Waals surface area contributed by atoms with Gasteiger partial charge in [-0.3, -0.25) is 9.79 Å². The largest absolute Gasteiger partial charge is 0.468 e. The zero-order valence-corrected chi connectivity index (χ0v) is 21.5. The molecule has 1 spiro atoms. The average Bonchev–Trinajstić information content (AvgIpc) is 3.34. The molecule has 0 unspecified atom stereocenters. The number of fused-ring (bicyclic) bond motifs is 5. The highest BCUT2D eigenvalue weighted by Gasteiger charge is 2.44. The van der Waals surface area contributed by atoms with Gasteiger partial charge in [0, 0.05) is 79.6 Å².